The molecule has 11 heteroatoms. The van der Waals surface area contributed by atoms with Crippen LogP contribution < -0.4 is 22.1 Å². The van der Waals surface area contributed by atoms with E-state index in [4.69, 9.17) is 0 Å². The van der Waals surface area contributed by atoms with Crippen molar-refractivity contribution in [1.29, 1.82) is 0 Å². The highest BCUT2D eigenvalue weighted by Gasteiger charge is 2.17. The molecule has 0 unspecified atom stereocenters. The molecule has 0 atom stereocenters. The maximum atomic E-state index is 12.2. The third-order valence-electron chi connectivity index (χ3n) is 3.14. The first kappa shape index (κ1) is 16.8. The number of aryl methyl sites for hydroxylation is 2. The van der Waals surface area contributed by atoms with Crippen LogP contribution in [0.1, 0.15) is 6.92 Å². The van der Waals surface area contributed by atoms with E-state index in [-0.39, 0.29) is 22.8 Å². The number of carbonyl (C=O) groups excluding carboxylic acids is 2. The number of rotatable bonds is 3. The van der Waals surface area contributed by atoms with Crippen molar-refractivity contribution >= 4 is 34.7 Å². The Morgan fingerprint density at radius 1 is 1.09 bits per heavy atom. The van der Waals surface area contributed by atoms with E-state index < -0.39 is 17.2 Å². The SMILES string of the molecule is CC(=O)NNC(=O)CSc1nc2c(c(=O)n(C)c(=O)n2C)n1C. The van der Waals surface area contributed by atoms with Crippen molar-refractivity contribution in [1.82, 2.24) is 29.5 Å². The molecule has 0 aliphatic heterocycles. The second-order valence-corrected chi connectivity index (χ2v) is 5.79. The number of carbonyl (C=O) groups is 2. The molecule has 2 amide bonds. The van der Waals surface area contributed by atoms with Gasteiger partial charge in [-0.3, -0.25) is 34.4 Å². The molecular weight excluding hydrogens is 324 g/mol. The summed E-state index contributed by atoms with van der Waals surface area (Å²) in [5.41, 5.74) is 4.02. The molecule has 2 aromatic rings. The standard InChI is InChI=1S/C12H16N6O4S/c1-6(19)14-15-7(20)5-23-11-13-9-8(16(11)2)10(21)18(4)12(22)17(9)3/h5H2,1-4H3,(H,14,19)(H,15,20). The maximum absolute atomic E-state index is 12.2. The van der Waals surface area contributed by atoms with Crippen molar-refractivity contribution in [3.63, 3.8) is 0 Å². The minimum absolute atomic E-state index is 0.00823. The van der Waals surface area contributed by atoms with Gasteiger partial charge in [0.25, 0.3) is 5.56 Å². The zero-order valence-corrected chi connectivity index (χ0v) is 13.9. The molecule has 0 aromatic carbocycles. The fourth-order valence-corrected chi connectivity index (χ4v) is 2.72. The lowest BCUT2D eigenvalue weighted by molar-refractivity contribution is -0.126. The van der Waals surface area contributed by atoms with Crippen molar-refractivity contribution in [3.05, 3.63) is 20.8 Å². The van der Waals surface area contributed by atoms with E-state index >= 15 is 0 Å². The van der Waals surface area contributed by atoms with E-state index in [0.29, 0.717) is 5.16 Å². The average molecular weight is 340 g/mol. The van der Waals surface area contributed by atoms with Gasteiger partial charge < -0.3 is 4.57 Å². The third-order valence-corrected chi connectivity index (χ3v) is 4.17. The summed E-state index contributed by atoms with van der Waals surface area (Å²) < 4.78 is 3.81. The number of aromatic nitrogens is 4. The molecule has 0 saturated carbocycles. The van der Waals surface area contributed by atoms with Crippen molar-refractivity contribution in [3.8, 4) is 0 Å². The molecule has 124 valence electrons. The van der Waals surface area contributed by atoms with Crippen LogP contribution in [-0.2, 0) is 30.7 Å². The number of thioether (sulfide) groups is 1. The quantitative estimate of drug-likeness (QED) is 0.504. The predicted molar refractivity (Wildman–Crippen MR) is 83.9 cm³/mol. The Morgan fingerprint density at radius 3 is 2.35 bits per heavy atom. The van der Waals surface area contributed by atoms with Crippen LogP contribution in [0.5, 0.6) is 0 Å². The summed E-state index contributed by atoms with van der Waals surface area (Å²) in [4.78, 5) is 50.7. The van der Waals surface area contributed by atoms with Gasteiger partial charge in [0.05, 0.1) is 5.75 Å². The van der Waals surface area contributed by atoms with Crippen LogP contribution in [0.2, 0.25) is 0 Å². The first-order chi connectivity index (χ1) is 10.7. The Labute approximate surface area is 134 Å². The zero-order chi connectivity index (χ0) is 17.3. The molecule has 0 aliphatic rings. The van der Waals surface area contributed by atoms with Gasteiger partial charge in [-0.1, -0.05) is 11.8 Å². The van der Waals surface area contributed by atoms with Crippen molar-refractivity contribution in [2.24, 2.45) is 21.1 Å². The number of hydrogen-bond acceptors (Lipinski definition) is 6. The predicted octanol–water partition coefficient (Wildman–Crippen LogP) is -1.77. The Kier molecular flexibility index (Phi) is 4.59. The largest absolute Gasteiger partial charge is 0.332 e. The third kappa shape index (κ3) is 3.13. The molecule has 2 heterocycles. The Bertz CT molecular complexity index is 909. The second-order valence-electron chi connectivity index (χ2n) is 4.85. The van der Waals surface area contributed by atoms with Gasteiger partial charge in [-0.2, -0.15) is 0 Å². The fourth-order valence-electron chi connectivity index (χ4n) is 1.95. The summed E-state index contributed by atoms with van der Waals surface area (Å²) in [6.07, 6.45) is 0. The molecule has 0 aliphatic carbocycles. The van der Waals surface area contributed by atoms with Gasteiger partial charge in [-0.05, 0) is 0 Å². The average Bonchev–Trinajstić information content (AvgIpc) is 2.83. The summed E-state index contributed by atoms with van der Waals surface area (Å²) in [5, 5.41) is 0.413. The van der Waals surface area contributed by atoms with Crippen molar-refractivity contribution < 1.29 is 9.59 Å². The van der Waals surface area contributed by atoms with Crippen LogP contribution in [-0.4, -0.2) is 36.3 Å². The van der Waals surface area contributed by atoms with Gasteiger partial charge in [-0.15, -0.1) is 0 Å². The lowest BCUT2D eigenvalue weighted by Gasteiger charge is -2.05. The summed E-state index contributed by atoms with van der Waals surface area (Å²) >= 11 is 1.09. The van der Waals surface area contributed by atoms with E-state index in [2.05, 4.69) is 15.8 Å². The van der Waals surface area contributed by atoms with Crippen LogP contribution in [0, 0.1) is 0 Å². The highest BCUT2D eigenvalue weighted by atomic mass is 32.2. The molecule has 0 spiro atoms. The van der Waals surface area contributed by atoms with Gasteiger partial charge in [0.15, 0.2) is 16.3 Å². The summed E-state index contributed by atoms with van der Waals surface area (Å²) in [6.45, 7) is 1.27. The van der Waals surface area contributed by atoms with Crippen LogP contribution in [0.25, 0.3) is 11.2 Å². The number of fused-ring (bicyclic) bond motifs is 1. The second kappa shape index (κ2) is 6.28. The lowest BCUT2D eigenvalue weighted by atomic mass is 10.5. The van der Waals surface area contributed by atoms with E-state index in [0.717, 1.165) is 16.3 Å². The highest BCUT2D eigenvalue weighted by Crippen LogP contribution is 2.19. The van der Waals surface area contributed by atoms with Gasteiger partial charge in [-0.25, -0.2) is 9.78 Å². The number of hydrogen-bond donors (Lipinski definition) is 2. The molecule has 2 aromatic heterocycles. The van der Waals surface area contributed by atoms with Crippen LogP contribution in [0.15, 0.2) is 14.7 Å². The van der Waals surface area contributed by atoms with E-state index in [1.54, 1.807) is 7.05 Å². The van der Waals surface area contributed by atoms with Crippen LogP contribution in [0.4, 0.5) is 0 Å². The Morgan fingerprint density at radius 2 is 1.74 bits per heavy atom. The summed E-state index contributed by atoms with van der Waals surface area (Å²) in [6, 6.07) is 0. The monoisotopic (exact) mass is 340 g/mol. The fraction of sp³-hybridized carbons (Fsp3) is 0.417. The number of imidazole rings is 1. The molecule has 0 fully saturated rings. The summed E-state index contributed by atoms with van der Waals surface area (Å²) in [5.74, 6) is -0.810. The first-order valence-corrected chi connectivity index (χ1v) is 7.53. The number of hydrazine groups is 1. The van der Waals surface area contributed by atoms with E-state index in [1.807, 2.05) is 0 Å². The number of amides is 2. The number of nitrogens with zero attached hydrogens (tertiary/aromatic N) is 4. The molecule has 10 nitrogen and oxygen atoms in total. The minimum atomic E-state index is -0.472. The van der Waals surface area contributed by atoms with Crippen molar-refractivity contribution in [2.75, 3.05) is 5.75 Å². The molecule has 2 N–H and O–H groups in total. The van der Waals surface area contributed by atoms with Crippen LogP contribution in [0.3, 0.4) is 0 Å². The molecule has 2 rings (SSSR count). The van der Waals surface area contributed by atoms with Crippen molar-refractivity contribution in [2.45, 2.75) is 12.1 Å². The molecule has 23 heavy (non-hydrogen) atoms. The zero-order valence-electron chi connectivity index (χ0n) is 13.0. The molecular formula is C12H16N6O4S. The molecule has 0 bridgehead atoms. The minimum Gasteiger partial charge on any atom is -0.316 e. The van der Waals surface area contributed by atoms with E-state index in [1.165, 1.54) is 30.2 Å². The smallest absolute Gasteiger partial charge is 0.316 e. The van der Waals surface area contributed by atoms with Gasteiger partial charge in [0, 0.05) is 28.1 Å². The maximum Gasteiger partial charge on any atom is 0.332 e. The first-order valence-electron chi connectivity index (χ1n) is 6.54. The highest BCUT2D eigenvalue weighted by molar-refractivity contribution is 7.99. The number of nitrogens with one attached hydrogen (secondary N) is 2. The van der Waals surface area contributed by atoms with Gasteiger partial charge in [0.2, 0.25) is 11.8 Å². The summed E-state index contributed by atoms with van der Waals surface area (Å²) in [7, 11) is 4.55. The van der Waals surface area contributed by atoms with E-state index in [9.17, 15) is 19.2 Å². The van der Waals surface area contributed by atoms with Gasteiger partial charge >= 0.3 is 5.69 Å². The lowest BCUT2D eigenvalue weighted by Crippen LogP contribution is -2.41. The topological polar surface area (TPSA) is 120 Å². The van der Waals surface area contributed by atoms with Crippen LogP contribution >= 0.6 is 11.8 Å². The Hall–Kier alpha value is -2.56. The Balaban J connectivity index is 2.32. The van der Waals surface area contributed by atoms with Gasteiger partial charge in [0.1, 0.15) is 0 Å². The molecule has 0 saturated heterocycles. The normalized spacial score (nSPS) is 10.8. The molecule has 0 radical (unpaired) electrons.